The van der Waals surface area contributed by atoms with Crippen molar-refractivity contribution in [3.05, 3.63) is 53.9 Å². The zero-order valence-corrected chi connectivity index (χ0v) is 10.4. The number of hydrogen-bond acceptors (Lipinski definition) is 1. The fraction of sp³-hybridized carbons (Fsp3) is 0.133. The first-order valence-electron chi connectivity index (χ1n) is 5.96. The van der Waals surface area contributed by atoms with Crippen LogP contribution in [0.5, 0.6) is 0 Å². The van der Waals surface area contributed by atoms with Gasteiger partial charge in [-0.3, -0.25) is 0 Å². The van der Waals surface area contributed by atoms with Gasteiger partial charge in [0.15, 0.2) is 0 Å². The van der Waals surface area contributed by atoms with Crippen LogP contribution in [0.4, 0.5) is 11.6 Å². The molecular weight excluding hydrogens is 222 g/mol. The molecule has 3 rings (SSSR count). The largest absolute Gasteiger partial charge is 0.326 e. The van der Waals surface area contributed by atoms with Crippen molar-refractivity contribution >= 4 is 22.4 Å². The van der Waals surface area contributed by atoms with Crippen molar-refractivity contribution in [1.29, 1.82) is 0 Å². The number of aromatic nitrogens is 2. The van der Waals surface area contributed by atoms with Gasteiger partial charge in [0.2, 0.25) is 5.95 Å². The first-order chi connectivity index (χ1) is 8.72. The lowest BCUT2D eigenvalue weighted by atomic mass is 10.1. The summed E-state index contributed by atoms with van der Waals surface area (Å²) in [5, 5.41) is 6.92. The SMILES string of the molecule is Cc1nc([N]c2ccc3ccccc3c2)[nH]c1C. The number of nitrogens with zero attached hydrogens (tertiary/aromatic N) is 2. The number of fused-ring (bicyclic) bond motifs is 1. The number of aromatic amines is 1. The van der Waals surface area contributed by atoms with E-state index in [0.29, 0.717) is 5.95 Å². The fourth-order valence-electron chi connectivity index (χ4n) is 1.95. The second-order valence-corrected chi connectivity index (χ2v) is 4.41. The summed E-state index contributed by atoms with van der Waals surface area (Å²) >= 11 is 0. The molecule has 3 aromatic rings. The predicted octanol–water partition coefficient (Wildman–Crippen LogP) is 3.75. The zero-order valence-electron chi connectivity index (χ0n) is 10.4. The minimum atomic E-state index is 0.667. The van der Waals surface area contributed by atoms with E-state index in [9.17, 15) is 0 Å². The predicted molar refractivity (Wildman–Crippen MR) is 73.5 cm³/mol. The average Bonchev–Trinajstić information content (AvgIpc) is 2.68. The molecule has 0 unspecified atom stereocenters. The Morgan fingerprint density at radius 1 is 1.00 bits per heavy atom. The fourth-order valence-corrected chi connectivity index (χ4v) is 1.95. The van der Waals surface area contributed by atoms with Gasteiger partial charge in [0.05, 0.1) is 11.4 Å². The number of H-pyrrole nitrogens is 1. The van der Waals surface area contributed by atoms with Gasteiger partial charge < -0.3 is 4.98 Å². The smallest absolute Gasteiger partial charge is 0.227 e. The molecule has 0 aliphatic heterocycles. The Morgan fingerprint density at radius 2 is 1.78 bits per heavy atom. The van der Waals surface area contributed by atoms with Crippen LogP contribution in [0.2, 0.25) is 0 Å². The number of aryl methyl sites for hydroxylation is 2. The van der Waals surface area contributed by atoms with Gasteiger partial charge >= 0.3 is 0 Å². The normalized spacial score (nSPS) is 10.8. The van der Waals surface area contributed by atoms with Crippen molar-refractivity contribution in [3.63, 3.8) is 0 Å². The Labute approximate surface area is 106 Å². The minimum Gasteiger partial charge on any atom is -0.326 e. The van der Waals surface area contributed by atoms with Crippen molar-refractivity contribution in [1.82, 2.24) is 15.3 Å². The molecule has 3 nitrogen and oxygen atoms in total. The molecule has 1 N–H and O–H groups in total. The van der Waals surface area contributed by atoms with E-state index in [0.717, 1.165) is 17.1 Å². The molecule has 0 aliphatic rings. The van der Waals surface area contributed by atoms with Crippen molar-refractivity contribution in [2.75, 3.05) is 0 Å². The molecule has 0 bridgehead atoms. The molecule has 1 aromatic heterocycles. The Hall–Kier alpha value is -2.29. The third kappa shape index (κ3) is 1.95. The van der Waals surface area contributed by atoms with E-state index in [2.05, 4.69) is 39.6 Å². The van der Waals surface area contributed by atoms with Crippen LogP contribution in [0.25, 0.3) is 10.8 Å². The molecule has 18 heavy (non-hydrogen) atoms. The van der Waals surface area contributed by atoms with E-state index in [1.54, 1.807) is 0 Å². The summed E-state index contributed by atoms with van der Waals surface area (Å²) in [5.74, 6) is 0.667. The van der Waals surface area contributed by atoms with Crippen LogP contribution < -0.4 is 5.32 Å². The van der Waals surface area contributed by atoms with Crippen molar-refractivity contribution in [3.8, 4) is 0 Å². The summed E-state index contributed by atoms with van der Waals surface area (Å²) < 4.78 is 0. The van der Waals surface area contributed by atoms with Gasteiger partial charge in [-0.05, 0) is 36.8 Å². The summed E-state index contributed by atoms with van der Waals surface area (Å²) in [6, 6.07) is 14.4. The molecule has 0 spiro atoms. The molecule has 1 radical (unpaired) electrons. The van der Waals surface area contributed by atoms with Crippen LogP contribution in [0.15, 0.2) is 42.5 Å². The molecule has 3 heteroatoms. The van der Waals surface area contributed by atoms with Gasteiger partial charge in [0, 0.05) is 5.69 Å². The van der Waals surface area contributed by atoms with E-state index < -0.39 is 0 Å². The summed E-state index contributed by atoms with van der Waals surface area (Å²) in [4.78, 5) is 7.53. The van der Waals surface area contributed by atoms with Gasteiger partial charge in [-0.1, -0.05) is 30.3 Å². The maximum absolute atomic E-state index is 4.51. The molecule has 0 fully saturated rings. The molecule has 0 saturated carbocycles. The van der Waals surface area contributed by atoms with Gasteiger partial charge in [-0.25, -0.2) is 10.3 Å². The average molecular weight is 236 g/mol. The van der Waals surface area contributed by atoms with E-state index in [1.807, 2.05) is 32.0 Å². The van der Waals surface area contributed by atoms with E-state index in [1.165, 1.54) is 10.8 Å². The molecule has 0 aliphatic carbocycles. The molecule has 2 aromatic carbocycles. The molecule has 0 saturated heterocycles. The van der Waals surface area contributed by atoms with Gasteiger partial charge in [0.25, 0.3) is 0 Å². The second kappa shape index (κ2) is 4.18. The van der Waals surface area contributed by atoms with Gasteiger partial charge in [-0.15, -0.1) is 0 Å². The third-order valence-corrected chi connectivity index (χ3v) is 3.08. The second-order valence-electron chi connectivity index (χ2n) is 4.41. The Balaban J connectivity index is 1.95. The lowest BCUT2D eigenvalue weighted by Crippen LogP contribution is -1.90. The highest BCUT2D eigenvalue weighted by Crippen LogP contribution is 2.21. The lowest BCUT2D eigenvalue weighted by molar-refractivity contribution is 1.05. The van der Waals surface area contributed by atoms with Crippen molar-refractivity contribution < 1.29 is 0 Å². The topological polar surface area (TPSA) is 42.8 Å². The first kappa shape index (κ1) is 10.8. The number of imidazole rings is 1. The van der Waals surface area contributed by atoms with Gasteiger partial charge in [-0.2, -0.15) is 0 Å². The summed E-state index contributed by atoms with van der Waals surface area (Å²) in [7, 11) is 0. The Bertz CT molecular complexity index is 678. The van der Waals surface area contributed by atoms with Crippen LogP contribution in [-0.2, 0) is 0 Å². The van der Waals surface area contributed by atoms with Crippen molar-refractivity contribution in [2.24, 2.45) is 0 Å². The highest BCUT2D eigenvalue weighted by molar-refractivity contribution is 5.85. The summed E-state index contributed by atoms with van der Waals surface area (Å²) in [5.41, 5.74) is 2.98. The quantitative estimate of drug-likeness (QED) is 0.723. The molecule has 0 atom stereocenters. The summed E-state index contributed by atoms with van der Waals surface area (Å²) in [6.45, 7) is 3.98. The van der Waals surface area contributed by atoms with Gasteiger partial charge in [0.1, 0.15) is 0 Å². The number of benzene rings is 2. The van der Waals surface area contributed by atoms with Crippen molar-refractivity contribution in [2.45, 2.75) is 13.8 Å². The molecule has 89 valence electrons. The van der Waals surface area contributed by atoms with Crippen LogP contribution in [0.3, 0.4) is 0 Å². The van der Waals surface area contributed by atoms with Crippen LogP contribution in [0.1, 0.15) is 11.4 Å². The highest BCUT2D eigenvalue weighted by atomic mass is 15.1. The summed E-state index contributed by atoms with van der Waals surface area (Å²) in [6.07, 6.45) is 0. The van der Waals surface area contributed by atoms with Crippen LogP contribution in [0, 0.1) is 13.8 Å². The monoisotopic (exact) mass is 236 g/mol. The molecule has 0 amide bonds. The van der Waals surface area contributed by atoms with Crippen LogP contribution in [-0.4, -0.2) is 9.97 Å². The Morgan fingerprint density at radius 3 is 2.50 bits per heavy atom. The number of hydrogen-bond donors (Lipinski definition) is 1. The maximum atomic E-state index is 4.51. The number of nitrogens with one attached hydrogen (secondary N) is 1. The third-order valence-electron chi connectivity index (χ3n) is 3.08. The van der Waals surface area contributed by atoms with Crippen LogP contribution >= 0.6 is 0 Å². The molecular formula is C15H14N3. The Kier molecular flexibility index (Phi) is 2.52. The lowest BCUT2D eigenvalue weighted by Gasteiger charge is -2.02. The van der Waals surface area contributed by atoms with E-state index >= 15 is 0 Å². The highest BCUT2D eigenvalue weighted by Gasteiger charge is 2.04. The van der Waals surface area contributed by atoms with E-state index in [4.69, 9.17) is 0 Å². The first-order valence-corrected chi connectivity index (χ1v) is 5.96. The minimum absolute atomic E-state index is 0.667. The standard InChI is InChI=1S/C15H14N3/c1-10-11(2)17-15(16-10)18-14-8-7-12-5-3-4-6-13(12)9-14/h3-9H,1-2H3,(H,16,17). The zero-order chi connectivity index (χ0) is 12.5. The molecule has 1 heterocycles. The maximum Gasteiger partial charge on any atom is 0.227 e. The number of rotatable bonds is 2. The van der Waals surface area contributed by atoms with E-state index in [-0.39, 0.29) is 0 Å².